The fourth-order valence-corrected chi connectivity index (χ4v) is 2.08. The molecule has 0 radical (unpaired) electrons. The van der Waals surface area contributed by atoms with Gasteiger partial charge >= 0.3 is 0 Å². The van der Waals surface area contributed by atoms with Gasteiger partial charge in [0.25, 0.3) is 0 Å². The molecular formula is C14H17Cl2N3O2. The highest BCUT2D eigenvalue weighted by Gasteiger charge is 2.27. The predicted octanol–water partition coefficient (Wildman–Crippen LogP) is 3.18. The van der Waals surface area contributed by atoms with Gasteiger partial charge in [0.2, 0.25) is 5.89 Å². The van der Waals surface area contributed by atoms with Crippen LogP contribution in [0, 0.1) is 0 Å². The van der Waals surface area contributed by atoms with Crippen molar-refractivity contribution in [1.29, 1.82) is 0 Å². The van der Waals surface area contributed by atoms with E-state index in [1.165, 1.54) is 0 Å². The summed E-state index contributed by atoms with van der Waals surface area (Å²) in [6.07, 6.45) is 0.467. The highest BCUT2D eigenvalue weighted by Crippen LogP contribution is 2.24. The Hall–Kier alpha value is -1.14. The van der Waals surface area contributed by atoms with Crippen molar-refractivity contribution >= 4 is 23.2 Å². The Kier molecular flexibility index (Phi) is 5.22. The SMILES string of the molecule is CCOCC(C)(N)c1noc(Cc2ccc(Cl)c(Cl)c2)n1. The van der Waals surface area contributed by atoms with Crippen LogP contribution in [-0.2, 0) is 16.7 Å². The lowest BCUT2D eigenvalue weighted by atomic mass is 10.1. The summed E-state index contributed by atoms with van der Waals surface area (Å²) < 4.78 is 10.6. The first kappa shape index (κ1) is 16.2. The van der Waals surface area contributed by atoms with Gasteiger partial charge in [-0.15, -0.1) is 0 Å². The molecule has 0 amide bonds. The van der Waals surface area contributed by atoms with Crippen LogP contribution in [0.3, 0.4) is 0 Å². The number of aromatic nitrogens is 2. The lowest BCUT2D eigenvalue weighted by Gasteiger charge is -2.19. The van der Waals surface area contributed by atoms with Crippen molar-refractivity contribution in [3.8, 4) is 0 Å². The van der Waals surface area contributed by atoms with Gasteiger partial charge in [0.15, 0.2) is 5.82 Å². The highest BCUT2D eigenvalue weighted by molar-refractivity contribution is 6.42. The molecule has 21 heavy (non-hydrogen) atoms. The van der Waals surface area contributed by atoms with Crippen LogP contribution in [0.15, 0.2) is 22.7 Å². The van der Waals surface area contributed by atoms with Crippen LogP contribution >= 0.6 is 23.2 Å². The summed E-state index contributed by atoms with van der Waals surface area (Å²) in [5, 5.41) is 4.93. The third-order valence-corrected chi connectivity index (χ3v) is 3.66. The second-order valence-corrected chi connectivity index (χ2v) is 5.81. The Bertz CT molecular complexity index is 614. The van der Waals surface area contributed by atoms with Crippen LogP contribution in [0.5, 0.6) is 0 Å². The molecule has 2 N–H and O–H groups in total. The number of hydrogen-bond donors (Lipinski definition) is 1. The number of nitrogens with two attached hydrogens (primary N) is 1. The standard InChI is InChI=1S/C14H17Cl2N3O2/c1-3-20-8-14(2,17)13-18-12(21-19-13)7-9-4-5-10(15)11(16)6-9/h4-6H,3,7-8,17H2,1-2H3. The van der Waals surface area contributed by atoms with Crippen molar-refractivity contribution in [3.05, 3.63) is 45.5 Å². The van der Waals surface area contributed by atoms with Gasteiger partial charge in [-0.1, -0.05) is 34.4 Å². The van der Waals surface area contributed by atoms with E-state index in [-0.39, 0.29) is 0 Å². The molecule has 0 bridgehead atoms. The highest BCUT2D eigenvalue weighted by atomic mass is 35.5. The number of hydrogen-bond acceptors (Lipinski definition) is 5. The Morgan fingerprint density at radius 1 is 1.33 bits per heavy atom. The lowest BCUT2D eigenvalue weighted by molar-refractivity contribution is 0.0962. The Morgan fingerprint density at radius 3 is 2.76 bits per heavy atom. The van der Waals surface area contributed by atoms with Crippen molar-refractivity contribution in [2.24, 2.45) is 5.73 Å². The molecule has 1 atom stereocenters. The van der Waals surface area contributed by atoms with E-state index in [2.05, 4.69) is 10.1 Å². The molecule has 1 unspecified atom stereocenters. The number of halogens is 2. The molecule has 114 valence electrons. The summed E-state index contributed by atoms with van der Waals surface area (Å²) in [7, 11) is 0. The van der Waals surface area contributed by atoms with E-state index < -0.39 is 5.54 Å². The van der Waals surface area contributed by atoms with Crippen LogP contribution in [0.4, 0.5) is 0 Å². The largest absolute Gasteiger partial charge is 0.379 e. The summed E-state index contributed by atoms with van der Waals surface area (Å²) in [5.74, 6) is 0.891. The average molecular weight is 330 g/mol. The number of rotatable bonds is 6. The maximum atomic E-state index is 6.13. The Labute approximate surface area is 133 Å². The second kappa shape index (κ2) is 6.75. The molecule has 1 aromatic carbocycles. The Balaban J connectivity index is 2.10. The molecule has 1 heterocycles. The van der Waals surface area contributed by atoms with Gasteiger partial charge in [0.05, 0.1) is 23.1 Å². The van der Waals surface area contributed by atoms with Crippen molar-refractivity contribution in [2.75, 3.05) is 13.2 Å². The molecule has 5 nitrogen and oxygen atoms in total. The zero-order valence-electron chi connectivity index (χ0n) is 11.9. The van der Waals surface area contributed by atoms with E-state index in [1.807, 2.05) is 13.0 Å². The quantitative estimate of drug-likeness (QED) is 0.880. The van der Waals surface area contributed by atoms with Crippen LogP contribution < -0.4 is 5.73 Å². The third-order valence-electron chi connectivity index (χ3n) is 2.92. The van der Waals surface area contributed by atoms with Crippen molar-refractivity contribution < 1.29 is 9.26 Å². The van der Waals surface area contributed by atoms with Crippen molar-refractivity contribution in [2.45, 2.75) is 25.8 Å². The fourth-order valence-electron chi connectivity index (χ4n) is 1.76. The topological polar surface area (TPSA) is 74.2 Å². The molecule has 0 aliphatic rings. The third kappa shape index (κ3) is 4.17. The molecule has 0 spiro atoms. The first-order valence-electron chi connectivity index (χ1n) is 6.56. The van der Waals surface area contributed by atoms with Crippen molar-refractivity contribution in [1.82, 2.24) is 10.1 Å². The van der Waals surface area contributed by atoms with Gasteiger partial charge in [-0.3, -0.25) is 0 Å². The Morgan fingerprint density at radius 2 is 2.10 bits per heavy atom. The number of nitrogens with zero attached hydrogens (tertiary/aromatic N) is 2. The summed E-state index contributed by atoms with van der Waals surface area (Å²) in [6.45, 7) is 4.62. The minimum atomic E-state index is -0.782. The van der Waals surface area contributed by atoms with E-state index in [4.69, 9.17) is 38.2 Å². The zero-order valence-corrected chi connectivity index (χ0v) is 13.4. The molecule has 7 heteroatoms. The van der Waals surface area contributed by atoms with Gasteiger partial charge in [-0.2, -0.15) is 4.98 Å². The molecule has 0 aliphatic heterocycles. The predicted molar refractivity (Wildman–Crippen MR) is 81.6 cm³/mol. The van der Waals surface area contributed by atoms with Gasteiger partial charge in [-0.25, -0.2) is 0 Å². The molecule has 0 saturated carbocycles. The average Bonchev–Trinajstić information content (AvgIpc) is 2.90. The van der Waals surface area contributed by atoms with Crippen LogP contribution in [-0.4, -0.2) is 23.4 Å². The summed E-state index contributed by atoms with van der Waals surface area (Å²) in [6, 6.07) is 5.37. The van der Waals surface area contributed by atoms with Gasteiger partial charge < -0.3 is 15.0 Å². The van der Waals surface area contributed by atoms with Gasteiger partial charge in [0, 0.05) is 6.61 Å². The monoisotopic (exact) mass is 329 g/mol. The van der Waals surface area contributed by atoms with E-state index in [9.17, 15) is 0 Å². The maximum Gasteiger partial charge on any atom is 0.231 e. The van der Waals surface area contributed by atoms with Gasteiger partial charge in [-0.05, 0) is 31.5 Å². The first-order valence-corrected chi connectivity index (χ1v) is 7.31. The second-order valence-electron chi connectivity index (χ2n) is 4.99. The van der Waals surface area contributed by atoms with Gasteiger partial charge in [0.1, 0.15) is 5.54 Å². The van der Waals surface area contributed by atoms with E-state index in [1.54, 1.807) is 19.1 Å². The van der Waals surface area contributed by atoms with E-state index in [0.29, 0.717) is 41.4 Å². The molecule has 0 fully saturated rings. The minimum Gasteiger partial charge on any atom is -0.379 e. The number of benzene rings is 1. The normalized spacial score (nSPS) is 14.1. The first-order chi connectivity index (χ1) is 9.92. The van der Waals surface area contributed by atoms with E-state index >= 15 is 0 Å². The summed E-state index contributed by atoms with van der Waals surface area (Å²) in [5.41, 5.74) is 6.28. The van der Waals surface area contributed by atoms with E-state index in [0.717, 1.165) is 5.56 Å². The maximum absolute atomic E-state index is 6.13. The number of ether oxygens (including phenoxy) is 1. The molecule has 0 saturated heterocycles. The fraction of sp³-hybridized carbons (Fsp3) is 0.429. The smallest absolute Gasteiger partial charge is 0.231 e. The molecule has 1 aromatic heterocycles. The van der Waals surface area contributed by atoms with Crippen LogP contribution in [0.2, 0.25) is 10.0 Å². The molecule has 0 aliphatic carbocycles. The minimum absolute atomic E-state index is 0.329. The van der Waals surface area contributed by atoms with Crippen molar-refractivity contribution in [3.63, 3.8) is 0 Å². The summed E-state index contributed by atoms with van der Waals surface area (Å²) >= 11 is 11.9. The zero-order chi connectivity index (χ0) is 15.5. The van der Waals surface area contributed by atoms with Crippen LogP contribution in [0.25, 0.3) is 0 Å². The summed E-state index contributed by atoms with van der Waals surface area (Å²) in [4.78, 5) is 4.32. The van der Waals surface area contributed by atoms with Crippen LogP contribution in [0.1, 0.15) is 31.1 Å². The molecule has 2 aromatic rings. The lowest BCUT2D eigenvalue weighted by Crippen LogP contribution is -2.39. The molecular weight excluding hydrogens is 313 g/mol. The molecule has 2 rings (SSSR count).